The van der Waals surface area contributed by atoms with E-state index in [0.717, 1.165) is 4.90 Å². The van der Waals surface area contributed by atoms with Crippen LogP contribution in [0.3, 0.4) is 0 Å². The Morgan fingerprint density at radius 1 is 1.31 bits per heavy atom. The minimum atomic E-state index is -0.990. The van der Waals surface area contributed by atoms with E-state index in [-0.39, 0.29) is 6.54 Å². The number of amides is 5. The Morgan fingerprint density at radius 3 is 2.38 bits per heavy atom. The van der Waals surface area contributed by atoms with E-state index >= 15 is 0 Å². The molecule has 0 aliphatic carbocycles. The number of likely N-dealkylation sites (N-methyl/N-ethyl adjacent to an activating group) is 1. The summed E-state index contributed by atoms with van der Waals surface area (Å²) in [5.74, 6) is -2.45. The zero-order valence-electron chi connectivity index (χ0n) is 8.73. The zero-order valence-corrected chi connectivity index (χ0v) is 8.73. The monoisotopic (exact) mass is 225 g/mol. The van der Waals surface area contributed by atoms with Crippen LogP contribution in [0.15, 0.2) is 12.7 Å². The van der Waals surface area contributed by atoms with Crippen LogP contribution in [0.25, 0.3) is 0 Å². The molecule has 1 aliphatic rings. The van der Waals surface area contributed by atoms with Crippen LogP contribution in [0.1, 0.15) is 0 Å². The van der Waals surface area contributed by atoms with Crippen molar-refractivity contribution in [3.8, 4) is 0 Å². The van der Waals surface area contributed by atoms with Gasteiger partial charge in [-0.1, -0.05) is 6.08 Å². The summed E-state index contributed by atoms with van der Waals surface area (Å²) in [5, 5.41) is 2.26. The van der Waals surface area contributed by atoms with Gasteiger partial charge in [-0.2, -0.15) is 0 Å². The van der Waals surface area contributed by atoms with E-state index in [1.165, 1.54) is 13.1 Å². The largest absolute Gasteiger partial charge is 0.358 e. The van der Waals surface area contributed by atoms with Crippen molar-refractivity contribution in [3.63, 3.8) is 0 Å². The Balaban J connectivity index is 2.84. The lowest BCUT2D eigenvalue weighted by molar-refractivity contribution is -0.143. The number of carbonyl (C=O) groups is 4. The summed E-state index contributed by atoms with van der Waals surface area (Å²) in [6, 6.07) is -0.793. The molecule has 7 nitrogen and oxygen atoms in total. The maximum absolute atomic E-state index is 11.6. The first-order valence-electron chi connectivity index (χ1n) is 4.51. The minimum absolute atomic E-state index is 0.0480. The van der Waals surface area contributed by atoms with Gasteiger partial charge in [-0.3, -0.25) is 19.3 Å². The van der Waals surface area contributed by atoms with E-state index in [2.05, 4.69) is 11.9 Å². The number of rotatable bonds is 4. The van der Waals surface area contributed by atoms with Crippen molar-refractivity contribution in [3.05, 3.63) is 12.7 Å². The average Bonchev–Trinajstić information content (AvgIpc) is 2.46. The normalized spacial score (nSPS) is 15.7. The summed E-state index contributed by atoms with van der Waals surface area (Å²) in [6.45, 7) is 2.87. The van der Waals surface area contributed by atoms with Crippen molar-refractivity contribution >= 4 is 23.8 Å². The molecular formula is C9H11N3O4. The molecule has 0 aromatic heterocycles. The standard InChI is InChI=1S/C9H11N3O4/c1-3-4-11-7(14)8(15)12(9(11)16)5-6(13)10-2/h3H,1,4-5H2,2H3,(H,10,13). The summed E-state index contributed by atoms with van der Waals surface area (Å²) in [7, 11) is 1.37. The molecule has 0 saturated carbocycles. The van der Waals surface area contributed by atoms with Gasteiger partial charge in [-0.25, -0.2) is 9.69 Å². The van der Waals surface area contributed by atoms with Crippen LogP contribution in [0.4, 0.5) is 4.79 Å². The van der Waals surface area contributed by atoms with Crippen LogP contribution < -0.4 is 5.32 Å². The number of nitrogens with zero attached hydrogens (tertiary/aromatic N) is 2. The summed E-state index contributed by atoms with van der Waals surface area (Å²) in [6.07, 6.45) is 1.33. The maximum Gasteiger partial charge on any atom is 0.335 e. The molecule has 86 valence electrons. The lowest BCUT2D eigenvalue weighted by Crippen LogP contribution is -2.40. The number of urea groups is 1. The minimum Gasteiger partial charge on any atom is -0.358 e. The summed E-state index contributed by atoms with van der Waals surface area (Å²) in [4.78, 5) is 46.6. The molecule has 0 unspecified atom stereocenters. The molecule has 0 aromatic carbocycles. The van der Waals surface area contributed by atoms with Crippen LogP contribution in [0.5, 0.6) is 0 Å². The van der Waals surface area contributed by atoms with Gasteiger partial charge in [0.15, 0.2) is 0 Å². The molecule has 5 amide bonds. The molecule has 1 rings (SSSR count). The van der Waals surface area contributed by atoms with Gasteiger partial charge in [-0.15, -0.1) is 6.58 Å². The fourth-order valence-corrected chi connectivity index (χ4v) is 1.20. The average molecular weight is 225 g/mol. The molecule has 0 spiro atoms. The number of nitrogens with one attached hydrogen (secondary N) is 1. The first kappa shape index (κ1) is 11.9. The molecule has 1 saturated heterocycles. The molecule has 1 N–H and O–H groups in total. The Morgan fingerprint density at radius 2 is 1.88 bits per heavy atom. The van der Waals surface area contributed by atoms with Gasteiger partial charge in [0.25, 0.3) is 0 Å². The first-order chi connectivity index (χ1) is 7.52. The van der Waals surface area contributed by atoms with Crippen molar-refractivity contribution < 1.29 is 19.2 Å². The summed E-state index contributed by atoms with van der Waals surface area (Å²) >= 11 is 0. The predicted octanol–water partition coefficient (Wildman–Crippen LogP) is -1.29. The van der Waals surface area contributed by atoms with E-state index in [0.29, 0.717) is 4.90 Å². The highest BCUT2D eigenvalue weighted by molar-refractivity contribution is 6.45. The highest BCUT2D eigenvalue weighted by Gasteiger charge is 2.44. The molecule has 1 fully saturated rings. The van der Waals surface area contributed by atoms with Crippen LogP contribution in [-0.2, 0) is 14.4 Å². The second kappa shape index (κ2) is 4.56. The van der Waals surface area contributed by atoms with Gasteiger partial charge < -0.3 is 5.32 Å². The zero-order chi connectivity index (χ0) is 12.3. The maximum atomic E-state index is 11.6. The molecule has 0 bridgehead atoms. The third kappa shape index (κ3) is 1.92. The Kier molecular flexibility index (Phi) is 3.39. The van der Waals surface area contributed by atoms with Gasteiger partial charge in [0.05, 0.1) is 0 Å². The Bertz CT molecular complexity index is 377. The van der Waals surface area contributed by atoms with E-state index in [4.69, 9.17) is 0 Å². The highest BCUT2D eigenvalue weighted by atomic mass is 16.2. The third-order valence-corrected chi connectivity index (χ3v) is 2.03. The number of hydrogen-bond donors (Lipinski definition) is 1. The Labute approximate surface area is 91.7 Å². The molecule has 1 aliphatic heterocycles. The second-order valence-corrected chi connectivity index (χ2v) is 3.05. The molecule has 16 heavy (non-hydrogen) atoms. The fourth-order valence-electron chi connectivity index (χ4n) is 1.20. The van der Waals surface area contributed by atoms with E-state index in [1.54, 1.807) is 0 Å². The molecule has 1 heterocycles. The van der Waals surface area contributed by atoms with Crippen molar-refractivity contribution in [1.82, 2.24) is 15.1 Å². The molecule has 0 atom stereocenters. The molecule has 0 aromatic rings. The fraction of sp³-hybridized carbons (Fsp3) is 0.333. The lowest BCUT2D eigenvalue weighted by Gasteiger charge is -2.12. The van der Waals surface area contributed by atoms with Gasteiger partial charge >= 0.3 is 17.8 Å². The number of carbonyl (C=O) groups excluding carboxylic acids is 4. The molecule has 7 heteroatoms. The first-order valence-corrected chi connectivity index (χ1v) is 4.51. The van der Waals surface area contributed by atoms with E-state index in [1.807, 2.05) is 0 Å². The van der Waals surface area contributed by atoms with Gasteiger partial charge in [0.1, 0.15) is 6.54 Å². The molecule has 0 radical (unpaired) electrons. The van der Waals surface area contributed by atoms with Crippen molar-refractivity contribution in [2.24, 2.45) is 0 Å². The van der Waals surface area contributed by atoms with Crippen LogP contribution in [0.2, 0.25) is 0 Å². The highest BCUT2D eigenvalue weighted by Crippen LogP contribution is 2.11. The number of hydrogen-bond acceptors (Lipinski definition) is 4. The molecular weight excluding hydrogens is 214 g/mol. The van der Waals surface area contributed by atoms with Gasteiger partial charge in [-0.05, 0) is 0 Å². The summed E-state index contributed by atoms with van der Waals surface area (Å²) < 4.78 is 0. The van der Waals surface area contributed by atoms with Crippen molar-refractivity contribution in [2.75, 3.05) is 20.1 Å². The van der Waals surface area contributed by atoms with Gasteiger partial charge in [0, 0.05) is 13.6 Å². The number of imide groups is 2. The SMILES string of the molecule is C=CCN1C(=O)C(=O)N(CC(=O)NC)C1=O. The summed E-state index contributed by atoms with van der Waals surface area (Å²) in [5.41, 5.74) is 0. The predicted molar refractivity (Wildman–Crippen MR) is 53.1 cm³/mol. The Hall–Kier alpha value is -2.18. The lowest BCUT2D eigenvalue weighted by atomic mass is 10.5. The second-order valence-electron chi connectivity index (χ2n) is 3.05. The van der Waals surface area contributed by atoms with Crippen molar-refractivity contribution in [1.29, 1.82) is 0 Å². The quantitative estimate of drug-likeness (QED) is 0.366. The smallest absolute Gasteiger partial charge is 0.335 e. The van der Waals surface area contributed by atoms with Crippen LogP contribution >= 0.6 is 0 Å². The van der Waals surface area contributed by atoms with Gasteiger partial charge in [0.2, 0.25) is 5.91 Å². The topological polar surface area (TPSA) is 86.8 Å². The third-order valence-electron chi connectivity index (χ3n) is 2.03. The van der Waals surface area contributed by atoms with E-state index < -0.39 is 30.3 Å². The van der Waals surface area contributed by atoms with E-state index in [9.17, 15) is 19.2 Å². The van der Waals surface area contributed by atoms with Crippen LogP contribution in [0, 0.1) is 0 Å². The van der Waals surface area contributed by atoms with Crippen molar-refractivity contribution in [2.45, 2.75) is 0 Å². The van der Waals surface area contributed by atoms with Crippen LogP contribution in [-0.4, -0.2) is 53.7 Å².